The van der Waals surface area contributed by atoms with E-state index in [0.717, 1.165) is 37.1 Å². The highest BCUT2D eigenvalue weighted by Gasteiger charge is 2.08. The van der Waals surface area contributed by atoms with Crippen molar-refractivity contribution in [1.29, 1.82) is 0 Å². The number of unbranched alkanes of at least 4 members (excludes halogenated alkanes) is 1. The predicted octanol–water partition coefficient (Wildman–Crippen LogP) is 3.03. The molecule has 0 bridgehead atoms. The largest absolute Gasteiger partial charge is 0.303 e. The van der Waals surface area contributed by atoms with Gasteiger partial charge in [0.15, 0.2) is 6.29 Å². The number of carbonyl (C=O) groups excluding carboxylic acids is 1. The summed E-state index contributed by atoms with van der Waals surface area (Å²) in [7, 11) is 0. The number of nitrogens with zero attached hydrogens (tertiary/aromatic N) is 2. The highest BCUT2D eigenvalue weighted by atomic mass is 16.1. The van der Waals surface area contributed by atoms with Gasteiger partial charge in [-0.1, -0.05) is 31.5 Å². The first kappa shape index (κ1) is 11.6. The van der Waals surface area contributed by atoms with Crippen LogP contribution in [0.1, 0.15) is 36.1 Å². The van der Waals surface area contributed by atoms with Gasteiger partial charge in [0.2, 0.25) is 0 Å². The van der Waals surface area contributed by atoms with E-state index in [1.165, 1.54) is 0 Å². The molecule has 0 saturated carbocycles. The molecule has 1 heterocycles. The summed E-state index contributed by atoms with van der Waals surface area (Å²) < 4.78 is 2.00. The first-order chi connectivity index (χ1) is 8.35. The molecule has 0 aliphatic rings. The number of aldehydes is 1. The Morgan fingerprint density at radius 2 is 2.06 bits per heavy atom. The van der Waals surface area contributed by atoms with Crippen LogP contribution in [0, 0.1) is 0 Å². The summed E-state index contributed by atoms with van der Waals surface area (Å²) in [5, 5.41) is 0. The Labute approximate surface area is 101 Å². The van der Waals surface area contributed by atoms with Crippen molar-refractivity contribution in [3.8, 4) is 5.69 Å². The van der Waals surface area contributed by atoms with Gasteiger partial charge in [-0.05, 0) is 18.6 Å². The van der Waals surface area contributed by atoms with Crippen LogP contribution in [0.25, 0.3) is 5.69 Å². The molecule has 3 nitrogen and oxygen atoms in total. The van der Waals surface area contributed by atoms with Crippen LogP contribution >= 0.6 is 0 Å². The van der Waals surface area contributed by atoms with Gasteiger partial charge in [-0.2, -0.15) is 0 Å². The molecular formula is C14H16N2O. The van der Waals surface area contributed by atoms with Gasteiger partial charge in [0.05, 0.1) is 0 Å². The molecule has 0 radical (unpaired) electrons. The number of rotatable bonds is 5. The molecule has 88 valence electrons. The average molecular weight is 228 g/mol. The van der Waals surface area contributed by atoms with Crippen LogP contribution in [0.5, 0.6) is 0 Å². The molecule has 2 aromatic rings. The zero-order chi connectivity index (χ0) is 12.1. The third-order valence-corrected chi connectivity index (χ3v) is 2.71. The molecule has 0 aliphatic heterocycles. The molecule has 1 aromatic heterocycles. The van der Waals surface area contributed by atoms with Crippen molar-refractivity contribution in [3.05, 3.63) is 48.0 Å². The molecule has 0 atom stereocenters. The maximum Gasteiger partial charge on any atom is 0.170 e. The van der Waals surface area contributed by atoms with E-state index < -0.39 is 0 Å². The zero-order valence-electron chi connectivity index (χ0n) is 9.97. The summed E-state index contributed by atoms with van der Waals surface area (Å²) in [5.74, 6) is 0.958. The SMILES string of the molecule is CCCCc1nc(C=O)cn1-c1ccccc1. The third-order valence-electron chi connectivity index (χ3n) is 2.71. The van der Waals surface area contributed by atoms with Crippen LogP contribution in [0.15, 0.2) is 36.5 Å². The molecule has 0 fully saturated rings. The molecule has 0 spiro atoms. The summed E-state index contributed by atoms with van der Waals surface area (Å²) in [6.45, 7) is 2.15. The number of aromatic nitrogens is 2. The topological polar surface area (TPSA) is 34.9 Å². The standard InChI is InChI=1S/C14H16N2O/c1-2-3-9-14-15-12(11-17)10-16(14)13-7-5-4-6-8-13/h4-8,10-11H,2-3,9H2,1H3. The monoisotopic (exact) mass is 228 g/mol. The van der Waals surface area contributed by atoms with Crippen molar-refractivity contribution in [2.45, 2.75) is 26.2 Å². The lowest BCUT2D eigenvalue weighted by Crippen LogP contribution is -2.00. The molecule has 0 unspecified atom stereocenters. The average Bonchev–Trinajstić information content (AvgIpc) is 2.80. The number of carbonyl (C=O) groups is 1. The van der Waals surface area contributed by atoms with Gasteiger partial charge in [-0.15, -0.1) is 0 Å². The van der Waals surface area contributed by atoms with E-state index in [9.17, 15) is 4.79 Å². The van der Waals surface area contributed by atoms with Crippen LogP contribution in [-0.2, 0) is 6.42 Å². The number of benzene rings is 1. The van der Waals surface area contributed by atoms with E-state index in [2.05, 4.69) is 11.9 Å². The van der Waals surface area contributed by atoms with E-state index in [4.69, 9.17) is 0 Å². The second-order valence-electron chi connectivity index (χ2n) is 4.01. The fourth-order valence-electron chi connectivity index (χ4n) is 1.82. The van der Waals surface area contributed by atoms with Crippen LogP contribution in [0.2, 0.25) is 0 Å². The summed E-state index contributed by atoms with van der Waals surface area (Å²) in [5.41, 5.74) is 1.55. The van der Waals surface area contributed by atoms with Gasteiger partial charge in [0.25, 0.3) is 0 Å². The lowest BCUT2D eigenvalue weighted by Gasteiger charge is -2.06. The normalized spacial score (nSPS) is 10.4. The van der Waals surface area contributed by atoms with E-state index in [1.807, 2.05) is 34.9 Å². The molecule has 1 aromatic carbocycles. The van der Waals surface area contributed by atoms with Crippen molar-refractivity contribution >= 4 is 6.29 Å². The third kappa shape index (κ3) is 2.61. The smallest absolute Gasteiger partial charge is 0.170 e. The van der Waals surface area contributed by atoms with Gasteiger partial charge in [0.1, 0.15) is 11.5 Å². The fourth-order valence-corrected chi connectivity index (χ4v) is 1.82. The Kier molecular flexibility index (Phi) is 3.70. The number of para-hydroxylation sites is 1. The van der Waals surface area contributed by atoms with Gasteiger partial charge < -0.3 is 4.57 Å². The lowest BCUT2D eigenvalue weighted by molar-refractivity contribution is 0.111. The summed E-state index contributed by atoms with van der Waals surface area (Å²) >= 11 is 0. The van der Waals surface area contributed by atoms with Crippen molar-refractivity contribution < 1.29 is 4.79 Å². The molecule has 0 N–H and O–H groups in total. The minimum atomic E-state index is 0.500. The first-order valence-corrected chi connectivity index (χ1v) is 5.94. The Morgan fingerprint density at radius 3 is 2.71 bits per heavy atom. The van der Waals surface area contributed by atoms with Crippen LogP contribution in [0.4, 0.5) is 0 Å². The van der Waals surface area contributed by atoms with Crippen LogP contribution < -0.4 is 0 Å². The second-order valence-corrected chi connectivity index (χ2v) is 4.01. The molecule has 0 amide bonds. The zero-order valence-corrected chi connectivity index (χ0v) is 9.97. The van der Waals surface area contributed by atoms with E-state index in [-0.39, 0.29) is 0 Å². The second kappa shape index (κ2) is 5.43. The van der Waals surface area contributed by atoms with Crippen molar-refractivity contribution in [1.82, 2.24) is 9.55 Å². The first-order valence-electron chi connectivity index (χ1n) is 5.94. The van der Waals surface area contributed by atoms with E-state index in [0.29, 0.717) is 5.69 Å². The number of hydrogen-bond donors (Lipinski definition) is 0. The molecule has 0 saturated heterocycles. The van der Waals surface area contributed by atoms with Gasteiger partial charge >= 0.3 is 0 Å². The summed E-state index contributed by atoms with van der Waals surface area (Å²) in [6.07, 6.45) is 5.71. The number of imidazole rings is 1. The van der Waals surface area contributed by atoms with Gasteiger partial charge in [0, 0.05) is 18.3 Å². The molecule has 17 heavy (non-hydrogen) atoms. The van der Waals surface area contributed by atoms with Crippen molar-refractivity contribution in [3.63, 3.8) is 0 Å². The Morgan fingerprint density at radius 1 is 1.29 bits per heavy atom. The predicted molar refractivity (Wildman–Crippen MR) is 67.6 cm³/mol. The fraction of sp³-hybridized carbons (Fsp3) is 0.286. The summed E-state index contributed by atoms with van der Waals surface area (Å²) in [6, 6.07) is 9.99. The number of aryl methyl sites for hydroxylation is 1. The Bertz CT molecular complexity index is 488. The van der Waals surface area contributed by atoms with Gasteiger partial charge in [-0.25, -0.2) is 4.98 Å². The molecule has 3 heteroatoms. The number of hydrogen-bond acceptors (Lipinski definition) is 2. The maximum atomic E-state index is 10.8. The van der Waals surface area contributed by atoms with Crippen molar-refractivity contribution in [2.75, 3.05) is 0 Å². The molecule has 2 rings (SSSR count). The molecule has 0 aliphatic carbocycles. The lowest BCUT2D eigenvalue weighted by atomic mass is 10.2. The Hall–Kier alpha value is -1.90. The maximum absolute atomic E-state index is 10.8. The van der Waals surface area contributed by atoms with Crippen molar-refractivity contribution in [2.24, 2.45) is 0 Å². The highest BCUT2D eigenvalue weighted by Crippen LogP contribution is 2.13. The van der Waals surface area contributed by atoms with Crippen LogP contribution in [0.3, 0.4) is 0 Å². The van der Waals surface area contributed by atoms with E-state index >= 15 is 0 Å². The highest BCUT2D eigenvalue weighted by molar-refractivity contribution is 5.71. The van der Waals surface area contributed by atoms with Gasteiger partial charge in [-0.3, -0.25) is 4.79 Å². The van der Waals surface area contributed by atoms with E-state index in [1.54, 1.807) is 6.20 Å². The molecular weight excluding hydrogens is 212 g/mol. The minimum absolute atomic E-state index is 0.500. The minimum Gasteiger partial charge on any atom is -0.303 e. The quantitative estimate of drug-likeness (QED) is 0.737. The Balaban J connectivity index is 2.37. The van der Waals surface area contributed by atoms with Crippen LogP contribution in [-0.4, -0.2) is 15.8 Å². The summed E-state index contributed by atoms with van der Waals surface area (Å²) in [4.78, 5) is 15.1.